The summed E-state index contributed by atoms with van der Waals surface area (Å²) in [4.78, 5) is 3.16. The number of hydrogen-bond donors (Lipinski definition) is 2. The van der Waals surface area contributed by atoms with Crippen LogP contribution in [0.25, 0.3) is 10.9 Å². The van der Waals surface area contributed by atoms with Crippen molar-refractivity contribution in [3.63, 3.8) is 0 Å². The van der Waals surface area contributed by atoms with Crippen LogP contribution in [0, 0.1) is 0 Å². The summed E-state index contributed by atoms with van der Waals surface area (Å²) in [6, 6.07) is 5.80. The van der Waals surface area contributed by atoms with Crippen molar-refractivity contribution in [2.24, 2.45) is 5.73 Å². The molecule has 3 N–H and O–H groups in total. The topological polar surface area (TPSA) is 41.8 Å². The predicted molar refractivity (Wildman–Crippen MR) is 55.9 cm³/mol. The molecular formula is C10H11ClN2. The maximum atomic E-state index is 5.90. The molecule has 0 fully saturated rings. The lowest BCUT2D eigenvalue weighted by atomic mass is 10.1. The average Bonchev–Trinajstić information content (AvgIpc) is 2.46. The Morgan fingerprint density at radius 1 is 1.46 bits per heavy atom. The molecule has 0 aliphatic carbocycles. The van der Waals surface area contributed by atoms with E-state index in [1.807, 2.05) is 31.3 Å². The van der Waals surface area contributed by atoms with Crippen molar-refractivity contribution >= 4 is 22.5 Å². The summed E-state index contributed by atoms with van der Waals surface area (Å²) in [5, 5.41) is 1.86. The molecule has 2 aromatic rings. The Bertz CT molecular complexity index is 431. The van der Waals surface area contributed by atoms with Crippen LogP contribution in [0.3, 0.4) is 0 Å². The van der Waals surface area contributed by atoms with Crippen LogP contribution in [0.15, 0.2) is 24.4 Å². The average molecular weight is 195 g/mol. The van der Waals surface area contributed by atoms with E-state index < -0.39 is 0 Å². The normalized spacial score (nSPS) is 13.5. The zero-order chi connectivity index (χ0) is 9.42. The molecule has 1 atom stereocenters. The summed E-state index contributed by atoms with van der Waals surface area (Å²) in [7, 11) is 0. The molecule has 68 valence electrons. The summed E-state index contributed by atoms with van der Waals surface area (Å²) < 4.78 is 0. The Morgan fingerprint density at radius 2 is 2.23 bits per heavy atom. The molecule has 0 radical (unpaired) electrons. The van der Waals surface area contributed by atoms with Gasteiger partial charge in [-0.25, -0.2) is 0 Å². The summed E-state index contributed by atoms with van der Waals surface area (Å²) in [5.74, 6) is 0. The van der Waals surface area contributed by atoms with Gasteiger partial charge in [0.2, 0.25) is 0 Å². The highest BCUT2D eigenvalue weighted by molar-refractivity contribution is 6.31. The van der Waals surface area contributed by atoms with Crippen molar-refractivity contribution in [2.45, 2.75) is 13.0 Å². The van der Waals surface area contributed by atoms with Gasteiger partial charge in [-0.05, 0) is 30.7 Å². The van der Waals surface area contributed by atoms with Gasteiger partial charge in [-0.3, -0.25) is 0 Å². The monoisotopic (exact) mass is 194 g/mol. The largest absolute Gasteiger partial charge is 0.361 e. The molecule has 0 saturated carbocycles. The number of aromatic nitrogens is 1. The van der Waals surface area contributed by atoms with Gasteiger partial charge in [0.05, 0.1) is 0 Å². The minimum Gasteiger partial charge on any atom is -0.361 e. The molecule has 0 bridgehead atoms. The first kappa shape index (κ1) is 8.60. The second-order valence-electron chi connectivity index (χ2n) is 3.22. The molecule has 3 heteroatoms. The van der Waals surface area contributed by atoms with Crippen LogP contribution in [0.5, 0.6) is 0 Å². The lowest BCUT2D eigenvalue weighted by Crippen LogP contribution is -2.03. The minimum absolute atomic E-state index is 0.0345. The second kappa shape index (κ2) is 3.05. The van der Waals surface area contributed by atoms with Crippen molar-refractivity contribution in [2.75, 3.05) is 0 Å². The van der Waals surface area contributed by atoms with Crippen molar-refractivity contribution < 1.29 is 0 Å². The zero-order valence-corrected chi connectivity index (χ0v) is 8.10. The number of rotatable bonds is 1. The molecule has 1 heterocycles. The summed E-state index contributed by atoms with van der Waals surface area (Å²) >= 11 is 5.90. The fraction of sp³-hybridized carbons (Fsp3) is 0.200. The number of fused-ring (bicyclic) bond motifs is 1. The number of aromatic amines is 1. The standard InChI is InChI=1S/C10H11ClN2/c1-6(12)9-5-13-10-3-2-7(11)4-8(9)10/h2-6,13H,12H2,1H3/t6-/m0/s1. The highest BCUT2D eigenvalue weighted by Crippen LogP contribution is 2.25. The van der Waals surface area contributed by atoms with E-state index in [1.54, 1.807) is 0 Å². The zero-order valence-electron chi connectivity index (χ0n) is 7.34. The van der Waals surface area contributed by atoms with Gasteiger partial charge in [-0.2, -0.15) is 0 Å². The van der Waals surface area contributed by atoms with Gasteiger partial charge < -0.3 is 10.7 Å². The molecular weight excluding hydrogens is 184 g/mol. The van der Waals surface area contributed by atoms with Gasteiger partial charge in [-0.15, -0.1) is 0 Å². The van der Waals surface area contributed by atoms with E-state index in [1.165, 1.54) is 0 Å². The molecule has 0 aliphatic rings. The SMILES string of the molecule is C[C@H](N)c1c[nH]c2ccc(Cl)cc12. The minimum atomic E-state index is 0.0345. The van der Waals surface area contributed by atoms with E-state index >= 15 is 0 Å². The summed E-state index contributed by atoms with van der Waals surface area (Å²) in [6.45, 7) is 1.96. The van der Waals surface area contributed by atoms with Crippen molar-refractivity contribution in [1.82, 2.24) is 4.98 Å². The van der Waals surface area contributed by atoms with Crippen LogP contribution >= 0.6 is 11.6 Å². The third-order valence-corrected chi connectivity index (χ3v) is 2.40. The molecule has 0 unspecified atom stereocenters. The molecule has 0 saturated heterocycles. The third-order valence-electron chi connectivity index (χ3n) is 2.17. The van der Waals surface area contributed by atoms with Gasteiger partial charge in [0.25, 0.3) is 0 Å². The molecule has 1 aromatic carbocycles. The summed E-state index contributed by atoms with van der Waals surface area (Å²) in [6.07, 6.45) is 1.94. The van der Waals surface area contributed by atoms with Crippen molar-refractivity contribution in [3.05, 3.63) is 35.0 Å². The number of hydrogen-bond acceptors (Lipinski definition) is 1. The Balaban J connectivity index is 2.71. The van der Waals surface area contributed by atoms with E-state index in [4.69, 9.17) is 17.3 Å². The van der Waals surface area contributed by atoms with Crippen LogP contribution in [0.1, 0.15) is 18.5 Å². The van der Waals surface area contributed by atoms with E-state index in [-0.39, 0.29) is 6.04 Å². The van der Waals surface area contributed by atoms with E-state index in [9.17, 15) is 0 Å². The van der Waals surface area contributed by atoms with E-state index in [0.29, 0.717) is 0 Å². The molecule has 1 aromatic heterocycles. The van der Waals surface area contributed by atoms with Gasteiger partial charge in [0.1, 0.15) is 0 Å². The van der Waals surface area contributed by atoms with Crippen LogP contribution in [-0.4, -0.2) is 4.98 Å². The Labute approximate surface area is 81.7 Å². The van der Waals surface area contributed by atoms with E-state index in [0.717, 1.165) is 21.5 Å². The molecule has 0 spiro atoms. The number of nitrogens with one attached hydrogen (secondary N) is 1. The lowest BCUT2D eigenvalue weighted by molar-refractivity contribution is 0.826. The van der Waals surface area contributed by atoms with Gasteiger partial charge in [0.15, 0.2) is 0 Å². The quantitative estimate of drug-likeness (QED) is 0.720. The fourth-order valence-corrected chi connectivity index (χ4v) is 1.66. The molecule has 0 aliphatic heterocycles. The van der Waals surface area contributed by atoms with Crippen LogP contribution in [0.4, 0.5) is 0 Å². The predicted octanol–water partition coefficient (Wildman–Crippen LogP) is 2.84. The first-order valence-corrected chi connectivity index (χ1v) is 4.58. The highest BCUT2D eigenvalue weighted by Gasteiger charge is 2.06. The van der Waals surface area contributed by atoms with Gasteiger partial charge in [-0.1, -0.05) is 11.6 Å². The summed E-state index contributed by atoms with van der Waals surface area (Å²) in [5.41, 5.74) is 8.00. The molecule has 13 heavy (non-hydrogen) atoms. The van der Waals surface area contributed by atoms with Gasteiger partial charge >= 0.3 is 0 Å². The maximum absolute atomic E-state index is 5.90. The Hall–Kier alpha value is -0.990. The van der Waals surface area contributed by atoms with Crippen LogP contribution in [-0.2, 0) is 0 Å². The third kappa shape index (κ3) is 1.43. The lowest BCUT2D eigenvalue weighted by Gasteiger charge is -2.02. The number of nitrogens with two attached hydrogens (primary N) is 1. The van der Waals surface area contributed by atoms with Crippen molar-refractivity contribution in [1.29, 1.82) is 0 Å². The first-order valence-electron chi connectivity index (χ1n) is 4.20. The molecule has 2 nitrogen and oxygen atoms in total. The second-order valence-corrected chi connectivity index (χ2v) is 3.66. The Kier molecular flexibility index (Phi) is 2.02. The number of H-pyrrole nitrogens is 1. The van der Waals surface area contributed by atoms with Crippen molar-refractivity contribution in [3.8, 4) is 0 Å². The Morgan fingerprint density at radius 3 is 2.92 bits per heavy atom. The van der Waals surface area contributed by atoms with Crippen LogP contribution < -0.4 is 5.73 Å². The first-order chi connectivity index (χ1) is 6.18. The fourth-order valence-electron chi connectivity index (χ4n) is 1.49. The smallest absolute Gasteiger partial charge is 0.0458 e. The maximum Gasteiger partial charge on any atom is 0.0458 e. The van der Waals surface area contributed by atoms with E-state index in [2.05, 4.69) is 4.98 Å². The number of halogens is 1. The number of benzene rings is 1. The molecule has 0 amide bonds. The van der Waals surface area contributed by atoms with Crippen LogP contribution in [0.2, 0.25) is 5.02 Å². The van der Waals surface area contributed by atoms with Gasteiger partial charge in [0, 0.05) is 28.2 Å². The highest BCUT2D eigenvalue weighted by atomic mass is 35.5. The molecule has 2 rings (SSSR count).